The van der Waals surface area contributed by atoms with Crippen LogP contribution in [0.2, 0.25) is 0.959 Å². The summed E-state index contributed by atoms with van der Waals surface area (Å²) in [5.41, 5.74) is 0. The summed E-state index contributed by atoms with van der Waals surface area (Å²) in [6.07, 6.45) is -1.38. The Morgan fingerprint density at radius 3 is 1.86 bits per heavy atom. The molecule has 29 heavy (non-hydrogen) atoms. The second-order valence-electron chi connectivity index (χ2n) is 8.44. The van der Waals surface area contributed by atoms with Gasteiger partial charge in [-0.25, -0.2) is 4.39 Å². The second-order valence-corrected chi connectivity index (χ2v) is 15.1. The van der Waals surface area contributed by atoms with E-state index in [1.165, 1.54) is 25.7 Å². The maximum absolute atomic E-state index is 14.6. The van der Waals surface area contributed by atoms with Crippen molar-refractivity contribution in [2.75, 3.05) is 0 Å². The van der Waals surface area contributed by atoms with Gasteiger partial charge in [-0.05, 0) is 6.07 Å². The SMILES string of the molecule is Fc1cc(OC(F)(F)C2CCC(C3CC[CH]([RaH])CC3)CC2)ccc1OC(F)(F)F. The summed E-state index contributed by atoms with van der Waals surface area (Å²) >= 11 is 0.557. The molecule has 0 N–H and O–H groups in total. The van der Waals surface area contributed by atoms with E-state index in [4.69, 9.17) is 4.74 Å². The average molecular weight is 636 g/mol. The molecule has 0 aliphatic heterocycles. The van der Waals surface area contributed by atoms with E-state index in [0.29, 0.717) is 79.6 Å². The molecule has 2 fully saturated rings. The molecule has 160 valence electrons. The quantitative estimate of drug-likeness (QED) is 0.333. The van der Waals surface area contributed by atoms with Crippen LogP contribution in [-0.2, 0) is 0 Å². The van der Waals surface area contributed by atoms with E-state index in [0.717, 1.165) is 19.9 Å². The molecule has 3 rings (SSSR count). The normalized spacial score (nSPS) is 28.7. The molecule has 2 aliphatic rings. The molecule has 0 heterocycles. The Bertz CT molecular complexity index is 680. The number of ether oxygens (including phenoxy) is 2. The van der Waals surface area contributed by atoms with Gasteiger partial charge in [-0.15, -0.1) is 13.2 Å². The molecule has 2 nitrogen and oxygen atoms in total. The van der Waals surface area contributed by atoms with Crippen LogP contribution in [-0.4, -0.2) is 12.5 Å². The first-order chi connectivity index (χ1) is 13.5. The Morgan fingerprint density at radius 2 is 1.34 bits per heavy atom. The topological polar surface area (TPSA) is 18.5 Å². The predicted molar refractivity (Wildman–Crippen MR) is 91.2 cm³/mol. The molecule has 0 aromatic heterocycles. The van der Waals surface area contributed by atoms with Crippen molar-refractivity contribution in [2.24, 2.45) is 17.8 Å². The smallest absolute Gasteiger partial charge is 0.403 e. The van der Waals surface area contributed by atoms with Crippen LogP contribution in [0.15, 0.2) is 18.2 Å². The van der Waals surface area contributed by atoms with E-state index in [2.05, 4.69) is 4.74 Å². The fourth-order valence-corrected chi connectivity index (χ4v) is 7.42. The van der Waals surface area contributed by atoms with Gasteiger partial charge in [-0.1, -0.05) is 0 Å². The molecule has 0 spiro atoms. The van der Waals surface area contributed by atoms with E-state index in [9.17, 15) is 26.3 Å². The minimum absolute atomic E-state index is 0.335. The second kappa shape index (κ2) is 9.56. The van der Waals surface area contributed by atoms with Crippen molar-refractivity contribution in [1.82, 2.24) is 0 Å². The summed E-state index contributed by atoms with van der Waals surface area (Å²) in [6.45, 7) is 0. The summed E-state index contributed by atoms with van der Waals surface area (Å²) in [6, 6.07) is 1.99. The predicted octanol–water partition coefficient (Wildman–Crippen LogP) is 6.76. The van der Waals surface area contributed by atoms with Gasteiger partial charge >= 0.3 is 157 Å². The van der Waals surface area contributed by atoms with Crippen molar-refractivity contribution in [3.63, 3.8) is 0 Å². The first-order valence-electron chi connectivity index (χ1n) is 10.2. The number of hydrogen-bond acceptors (Lipinski definition) is 2. The third-order valence-electron chi connectivity index (χ3n) is 6.36. The average Bonchev–Trinajstić information content (AvgIpc) is 2.63. The van der Waals surface area contributed by atoms with Crippen molar-refractivity contribution in [1.29, 1.82) is 0 Å². The molecule has 0 unspecified atom stereocenters. The van der Waals surface area contributed by atoms with Crippen LogP contribution in [0.5, 0.6) is 11.5 Å². The van der Waals surface area contributed by atoms with Crippen LogP contribution in [0.25, 0.3) is 0 Å². The Labute approximate surface area is 195 Å². The minimum atomic E-state index is -5.06. The van der Waals surface area contributed by atoms with Crippen LogP contribution in [0.3, 0.4) is 0 Å². The van der Waals surface area contributed by atoms with Gasteiger partial charge in [-0.3, -0.25) is 0 Å². The number of halogens is 6. The molecular weight excluding hydrogens is 612 g/mol. The van der Waals surface area contributed by atoms with Gasteiger partial charge in [-0.2, -0.15) is 0 Å². The molecular formula is C20H24F6O2Ra. The fourth-order valence-electron chi connectivity index (χ4n) is 4.68. The first-order valence-corrected chi connectivity index (χ1v) is 14.9. The van der Waals surface area contributed by atoms with Crippen molar-refractivity contribution >= 4 is 0 Å². The Hall–Kier alpha value is -0.132. The Morgan fingerprint density at radius 1 is 0.793 bits per heavy atom. The van der Waals surface area contributed by atoms with Gasteiger partial charge in [0.2, 0.25) is 0 Å². The summed E-state index contributed by atoms with van der Waals surface area (Å²) in [4.78, 5) is 0. The summed E-state index contributed by atoms with van der Waals surface area (Å²) < 4.78 is 88.6. The number of hydrogen-bond donors (Lipinski definition) is 0. The first kappa shape index (κ1) is 23.5. The fraction of sp³-hybridized carbons (Fsp3) is 0.700. The molecule has 2 saturated carbocycles. The third kappa shape index (κ3) is 6.67. The Kier molecular flexibility index (Phi) is 7.76. The molecule has 1 aromatic carbocycles. The van der Waals surface area contributed by atoms with Crippen molar-refractivity contribution in [2.45, 2.75) is 64.8 Å². The van der Waals surface area contributed by atoms with E-state index < -0.39 is 35.7 Å². The van der Waals surface area contributed by atoms with E-state index in [1.54, 1.807) is 0 Å². The molecule has 1 aromatic rings. The molecule has 0 amide bonds. The van der Waals surface area contributed by atoms with Crippen molar-refractivity contribution in [3.8, 4) is 11.5 Å². The minimum Gasteiger partial charge on any atom is -0.403 e. The van der Waals surface area contributed by atoms with Gasteiger partial charge in [0.1, 0.15) is 0 Å². The number of alkyl halides is 5. The van der Waals surface area contributed by atoms with Gasteiger partial charge in [0, 0.05) is 0 Å². The van der Waals surface area contributed by atoms with E-state index in [-0.39, 0.29) is 0 Å². The zero-order valence-corrected chi connectivity index (χ0v) is 24.5. The molecule has 0 radical (unpaired) electrons. The van der Waals surface area contributed by atoms with Gasteiger partial charge in [0.05, 0.1) is 0 Å². The van der Waals surface area contributed by atoms with E-state index >= 15 is 0 Å². The van der Waals surface area contributed by atoms with Crippen LogP contribution in [0.1, 0.15) is 51.4 Å². The third-order valence-corrected chi connectivity index (χ3v) is 11.1. The monoisotopic (exact) mass is 636 g/mol. The standard InChI is InChI=1S/C20H23F6O2.Ra.H/c21-17-12-16(10-11-18(17)28-20(24,25)26)27-19(22,23)15-8-6-14(7-9-15)13-4-2-1-3-5-13;;/h1,10-15H,2-9H2;;. The molecule has 0 atom stereocenters. The number of rotatable bonds is 5. The van der Waals surface area contributed by atoms with Crippen LogP contribution in [0.4, 0.5) is 26.3 Å². The molecule has 2 aliphatic carbocycles. The zero-order chi connectivity index (χ0) is 21.2. The maximum atomic E-state index is 14.6. The van der Waals surface area contributed by atoms with Crippen LogP contribution >= 0.6 is 0 Å². The molecule has 0 bridgehead atoms. The van der Waals surface area contributed by atoms with Gasteiger partial charge < -0.3 is 4.74 Å². The van der Waals surface area contributed by atoms with Crippen LogP contribution in [0, 0.1) is 66.4 Å². The molecule has 0 saturated heterocycles. The van der Waals surface area contributed by atoms with Gasteiger partial charge in [0.25, 0.3) is 0 Å². The van der Waals surface area contributed by atoms with Crippen molar-refractivity contribution < 1.29 is 78.6 Å². The summed E-state index contributed by atoms with van der Waals surface area (Å²) in [5, 5.41) is 0. The summed E-state index contributed by atoms with van der Waals surface area (Å²) in [7, 11) is 0. The summed E-state index contributed by atoms with van der Waals surface area (Å²) in [5.74, 6) is -2.85. The van der Waals surface area contributed by atoms with Gasteiger partial charge in [0.15, 0.2) is 11.6 Å². The zero-order valence-electron chi connectivity index (χ0n) is 16.3. The van der Waals surface area contributed by atoms with Crippen LogP contribution < -0.4 is 9.47 Å². The number of benzene rings is 1. The Balaban J connectivity index is 1.55. The molecule has 9 heteroatoms. The van der Waals surface area contributed by atoms with Crippen molar-refractivity contribution in [3.05, 3.63) is 24.0 Å². The van der Waals surface area contributed by atoms with E-state index in [1.807, 2.05) is 0 Å².